The van der Waals surface area contributed by atoms with Gasteiger partial charge in [-0.05, 0) is 38.9 Å². The Balaban J connectivity index is 1.65. The number of rotatable bonds is 6. The van der Waals surface area contributed by atoms with E-state index >= 15 is 0 Å². The van der Waals surface area contributed by atoms with Gasteiger partial charge in [0.1, 0.15) is 10.7 Å². The number of nitrogens with one attached hydrogen (secondary N) is 1. The van der Waals surface area contributed by atoms with E-state index in [-0.39, 0.29) is 16.9 Å². The van der Waals surface area contributed by atoms with Crippen LogP contribution >= 0.6 is 0 Å². The fourth-order valence-corrected chi connectivity index (χ4v) is 4.56. The second-order valence-corrected chi connectivity index (χ2v) is 8.46. The lowest BCUT2D eigenvalue weighted by molar-refractivity contribution is 0.269. The summed E-state index contributed by atoms with van der Waals surface area (Å²) in [7, 11) is -1.96. The number of likely N-dealkylation sites (N-methyl/N-ethyl adjacent to an activating group) is 1. The molecule has 0 bridgehead atoms. The third kappa shape index (κ3) is 3.94. The number of sulfonamides is 1. The summed E-state index contributed by atoms with van der Waals surface area (Å²) in [5.41, 5.74) is 0. The summed E-state index contributed by atoms with van der Waals surface area (Å²) in [6.07, 6.45) is 1.80. The molecule has 1 saturated heterocycles. The van der Waals surface area contributed by atoms with Gasteiger partial charge in [-0.15, -0.1) is 0 Å². The molecule has 26 heavy (non-hydrogen) atoms. The second-order valence-electron chi connectivity index (χ2n) is 6.55. The first kappa shape index (κ1) is 18.9. The summed E-state index contributed by atoms with van der Waals surface area (Å²) < 4.78 is 45.8. The highest BCUT2D eigenvalue weighted by Gasteiger charge is 2.33. The predicted octanol–water partition coefficient (Wildman–Crippen LogP) is 1.93. The number of hydrogen-bond donors (Lipinski definition) is 1. The minimum absolute atomic E-state index is 0.0215. The molecule has 2 heterocycles. The summed E-state index contributed by atoms with van der Waals surface area (Å²) in [4.78, 5) is 4.16. The Labute approximate surface area is 152 Å². The molecule has 0 saturated carbocycles. The van der Waals surface area contributed by atoms with Crippen LogP contribution in [-0.2, 0) is 16.4 Å². The van der Waals surface area contributed by atoms with Gasteiger partial charge in [-0.3, -0.25) is 0 Å². The highest BCUT2D eigenvalue weighted by atomic mass is 32.2. The van der Waals surface area contributed by atoms with E-state index < -0.39 is 15.8 Å². The fraction of sp³-hybridized carbons (Fsp3) is 0.529. The van der Waals surface area contributed by atoms with Crippen molar-refractivity contribution < 1.29 is 17.3 Å². The Hall–Kier alpha value is -1.84. The molecule has 9 heteroatoms. The lowest BCUT2D eigenvalue weighted by Gasteiger charge is -2.29. The van der Waals surface area contributed by atoms with Gasteiger partial charge >= 0.3 is 0 Å². The third-order valence-corrected chi connectivity index (χ3v) is 6.65. The molecule has 1 unspecified atom stereocenters. The maximum absolute atomic E-state index is 13.9. The zero-order valence-electron chi connectivity index (χ0n) is 14.9. The molecule has 1 atom stereocenters. The summed E-state index contributed by atoms with van der Waals surface area (Å²) >= 11 is 0. The molecule has 1 aliphatic heterocycles. The Morgan fingerprint density at radius 2 is 2.04 bits per heavy atom. The van der Waals surface area contributed by atoms with E-state index in [1.165, 1.54) is 22.5 Å². The van der Waals surface area contributed by atoms with Gasteiger partial charge in [0.05, 0.1) is 0 Å². The van der Waals surface area contributed by atoms with Gasteiger partial charge in [-0.2, -0.15) is 9.29 Å². The van der Waals surface area contributed by atoms with E-state index in [9.17, 15) is 12.8 Å². The molecule has 142 valence electrons. The highest BCUT2D eigenvalue weighted by Crippen LogP contribution is 2.30. The molecule has 1 aromatic heterocycles. The maximum atomic E-state index is 13.9. The summed E-state index contributed by atoms with van der Waals surface area (Å²) in [5, 5.41) is 7.12. The quantitative estimate of drug-likeness (QED) is 0.821. The van der Waals surface area contributed by atoms with Gasteiger partial charge in [0.2, 0.25) is 15.9 Å². The van der Waals surface area contributed by atoms with Gasteiger partial charge < -0.3 is 9.84 Å². The molecule has 1 fully saturated rings. The van der Waals surface area contributed by atoms with E-state index in [1.807, 2.05) is 14.0 Å². The molecule has 0 radical (unpaired) electrons. The van der Waals surface area contributed by atoms with Crippen molar-refractivity contribution in [1.82, 2.24) is 19.8 Å². The SMILES string of the molecule is CNC(C)Cc1noc(C2CCN(S(=O)(=O)c3ccccc3F)CC2)n1. The van der Waals surface area contributed by atoms with Crippen molar-refractivity contribution >= 4 is 10.0 Å². The first-order valence-electron chi connectivity index (χ1n) is 8.66. The van der Waals surface area contributed by atoms with Gasteiger partial charge in [0.25, 0.3) is 0 Å². The van der Waals surface area contributed by atoms with E-state index in [4.69, 9.17) is 4.52 Å². The van der Waals surface area contributed by atoms with Crippen molar-refractivity contribution in [3.05, 3.63) is 41.8 Å². The van der Waals surface area contributed by atoms with E-state index in [1.54, 1.807) is 0 Å². The standard InChI is InChI=1S/C17H23FN4O3S/c1-12(19-2)11-16-20-17(25-21-16)13-7-9-22(10-8-13)26(23,24)15-6-4-3-5-14(15)18/h3-6,12-13,19H,7-11H2,1-2H3. The first-order valence-corrected chi connectivity index (χ1v) is 10.1. The molecule has 7 nitrogen and oxygen atoms in total. The van der Waals surface area contributed by atoms with Crippen LogP contribution in [0.3, 0.4) is 0 Å². The topological polar surface area (TPSA) is 88.3 Å². The average Bonchev–Trinajstić information content (AvgIpc) is 3.10. The van der Waals surface area contributed by atoms with Gasteiger partial charge in [0, 0.05) is 31.5 Å². The summed E-state index contributed by atoms with van der Waals surface area (Å²) in [6, 6.07) is 5.70. The Bertz CT molecular complexity index is 847. The van der Waals surface area contributed by atoms with Gasteiger partial charge in [0.15, 0.2) is 5.82 Å². The van der Waals surface area contributed by atoms with Crippen LogP contribution in [0, 0.1) is 5.82 Å². The smallest absolute Gasteiger partial charge is 0.245 e. The van der Waals surface area contributed by atoms with Crippen molar-refractivity contribution in [3.63, 3.8) is 0 Å². The lowest BCUT2D eigenvalue weighted by Crippen LogP contribution is -2.38. The van der Waals surface area contributed by atoms with Crippen molar-refractivity contribution in [2.24, 2.45) is 0 Å². The molecule has 2 aromatic rings. The van der Waals surface area contributed by atoms with E-state index in [2.05, 4.69) is 15.5 Å². The zero-order valence-corrected chi connectivity index (χ0v) is 15.7. The summed E-state index contributed by atoms with van der Waals surface area (Å²) in [6.45, 7) is 2.63. The fourth-order valence-electron chi connectivity index (χ4n) is 3.03. The van der Waals surface area contributed by atoms with Crippen LogP contribution < -0.4 is 5.32 Å². The normalized spacial score (nSPS) is 18.1. The largest absolute Gasteiger partial charge is 0.339 e. The first-order chi connectivity index (χ1) is 12.4. The van der Waals surface area contributed by atoms with Crippen LogP contribution in [0.5, 0.6) is 0 Å². The summed E-state index contributed by atoms with van der Waals surface area (Å²) in [5.74, 6) is 0.484. The average molecular weight is 382 g/mol. The molecule has 1 aliphatic rings. The molecular formula is C17H23FN4O3S. The van der Waals surface area contributed by atoms with Crippen molar-refractivity contribution in [1.29, 1.82) is 0 Å². The van der Waals surface area contributed by atoms with Crippen LogP contribution in [0.4, 0.5) is 4.39 Å². The van der Waals surface area contributed by atoms with Crippen molar-refractivity contribution in [2.75, 3.05) is 20.1 Å². The second kappa shape index (κ2) is 7.81. The molecule has 0 amide bonds. The van der Waals surface area contributed by atoms with Crippen molar-refractivity contribution in [3.8, 4) is 0 Å². The van der Waals surface area contributed by atoms with Crippen LogP contribution in [-0.4, -0.2) is 49.0 Å². The Kier molecular flexibility index (Phi) is 5.69. The monoisotopic (exact) mass is 382 g/mol. The number of aromatic nitrogens is 2. The van der Waals surface area contributed by atoms with Gasteiger partial charge in [-0.25, -0.2) is 12.8 Å². The molecule has 1 N–H and O–H groups in total. The Morgan fingerprint density at radius 1 is 1.35 bits per heavy atom. The number of halogens is 1. The van der Waals surface area contributed by atoms with Crippen molar-refractivity contribution in [2.45, 2.75) is 43.0 Å². The predicted molar refractivity (Wildman–Crippen MR) is 93.7 cm³/mol. The van der Waals surface area contributed by atoms with Crippen LogP contribution in [0.25, 0.3) is 0 Å². The number of benzene rings is 1. The Morgan fingerprint density at radius 3 is 2.69 bits per heavy atom. The molecule has 3 rings (SSSR count). The van der Waals surface area contributed by atoms with Crippen LogP contribution in [0.1, 0.15) is 37.4 Å². The molecule has 0 aliphatic carbocycles. The number of hydrogen-bond acceptors (Lipinski definition) is 6. The zero-order chi connectivity index (χ0) is 18.7. The third-order valence-electron chi connectivity index (χ3n) is 4.72. The molecular weight excluding hydrogens is 359 g/mol. The minimum Gasteiger partial charge on any atom is -0.339 e. The molecule has 0 spiro atoms. The number of piperidine rings is 1. The maximum Gasteiger partial charge on any atom is 0.245 e. The molecule has 1 aromatic carbocycles. The van der Waals surface area contributed by atoms with E-state index in [0.717, 1.165) is 6.07 Å². The van der Waals surface area contributed by atoms with Crippen LogP contribution in [0.15, 0.2) is 33.7 Å². The van der Waals surface area contributed by atoms with Crippen LogP contribution in [0.2, 0.25) is 0 Å². The lowest BCUT2D eigenvalue weighted by atomic mass is 9.98. The highest BCUT2D eigenvalue weighted by molar-refractivity contribution is 7.89. The minimum atomic E-state index is -3.83. The van der Waals surface area contributed by atoms with Gasteiger partial charge in [-0.1, -0.05) is 17.3 Å². The number of nitrogens with zero attached hydrogens (tertiary/aromatic N) is 3. The van der Waals surface area contributed by atoms with E-state index in [0.29, 0.717) is 44.1 Å².